The quantitative estimate of drug-likeness (QED) is 0.793. The second kappa shape index (κ2) is 7.50. The van der Waals surface area contributed by atoms with Crippen LogP contribution in [0.3, 0.4) is 0 Å². The summed E-state index contributed by atoms with van der Waals surface area (Å²) in [7, 11) is 0. The number of fused-ring (bicyclic) bond motifs is 1. The predicted molar refractivity (Wildman–Crippen MR) is 103 cm³/mol. The standard InChI is InChI=1S/C20H26N6O2/c27-19(18-4-7-22-28-18)25-8-5-15-14-21-20(23-17(15)6-9-25)26-12-10-24(11-13-26)16-2-1-3-16/h4,7,14,16H,1-3,5-6,8-13H2. The average molecular weight is 382 g/mol. The highest BCUT2D eigenvalue weighted by Gasteiger charge is 2.29. The maximum Gasteiger partial charge on any atom is 0.292 e. The van der Waals surface area contributed by atoms with Gasteiger partial charge in [0.25, 0.3) is 5.91 Å². The number of hydrogen-bond acceptors (Lipinski definition) is 7. The second-order valence-corrected chi connectivity index (χ2v) is 7.92. The first-order valence-corrected chi connectivity index (χ1v) is 10.3. The molecule has 0 N–H and O–H groups in total. The van der Waals surface area contributed by atoms with Crippen LogP contribution in [0.2, 0.25) is 0 Å². The Labute approximate surface area is 164 Å². The van der Waals surface area contributed by atoms with E-state index < -0.39 is 0 Å². The molecule has 8 heteroatoms. The molecule has 2 fully saturated rings. The van der Waals surface area contributed by atoms with Crippen molar-refractivity contribution in [1.82, 2.24) is 24.9 Å². The fraction of sp³-hybridized carbons (Fsp3) is 0.600. The molecule has 0 bridgehead atoms. The largest absolute Gasteiger partial charge is 0.351 e. The summed E-state index contributed by atoms with van der Waals surface area (Å²) >= 11 is 0. The monoisotopic (exact) mass is 382 g/mol. The molecule has 2 aromatic heterocycles. The van der Waals surface area contributed by atoms with Crippen LogP contribution < -0.4 is 4.90 Å². The molecule has 4 heterocycles. The predicted octanol–water partition coefficient (Wildman–Crippen LogP) is 1.38. The minimum Gasteiger partial charge on any atom is -0.351 e. The number of anilines is 1. The highest BCUT2D eigenvalue weighted by Crippen LogP contribution is 2.26. The molecule has 2 aromatic rings. The summed E-state index contributed by atoms with van der Waals surface area (Å²) in [6.07, 6.45) is 9.07. The zero-order chi connectivity index (χ0) is 18.9. The number of hydrogen-bond donors (Lipinski definition) is 0. The molecule has 1 aliphatic carbocycles. The highest BCUT2D eigenvalue weighted by molar-refractivity contribution is 5.91. The smallest absolute Gasteiger partial charge is 0.292 e. The average Bonchev–Trinajstić information content (AvgIpc) is 3.14. The third-order valence-electron chi connectivity index (χ3n) is 6.34. The number of aromatic nitrogens is 3. The zero-order valence-electron chi connectivity index (χ0n) is 16.1. The number of carbonyl (C=O) groups excluding carboxylic acids is 1. The van der Waals surface area contributed by atoms with Crippen molar-refractivity contribution in [2.45, 2.75) is 38.1 Å². The van der Waals surface area contributed by atoms with Crippen molar-refractivity contribution in [3.8, 4) is 0 Å². The molecular weight excluding hydrogens is 356 g/mol. The van der Waals surface area contributed by atoms with Gasteiger partial charge in [0.2, 0.25) is 11.7 Å². The summed E-state index contributed by atoms with van der Waals surface area (Å²) in [5.74, 6) is 1.02. The Morgan fingerprint density at radius 3 is 2.61 bits per heavy atom. The van der Waals surface area contributed by atoms with Gasteiger partial charge in [-0.25, -0.2) is 9.97 Å². The first-order valence-electron chi connectivity index (χ1n) is 10.3. The molecule has 0 radical (unpaired) electrons. The maximum atomic E-state index is 12.5. The van der Waals surface area contributed by atoms with Crippen LogP contribution in [0.15, 0.2) is 23.0 Å². The highest BCUT2D eigenvalue weighted by atomic mass is 16.5. The van der Waals surface area contributed by atoms with Gasteiger partial charge in [0.1, 0.15) is 0 Å². The molecule has 8 nitrogen and oxygen atoms in total. The van der Waals surface area contributed by atoms with E-state index in [2.05, 4.69) is 19.9 Å². The SMILES string of the molecule is O=C(c1ccno1)N1CCc2cnc(N3CCN(C4CCC4)CC3)nc2CC1. The third kappa shape index (κ3) is 3.37. The first-order chi connectivity index (χ1) is 13.8. The Hall–Kier alpha value is -2.48. The van der Waals surface area contributed by atoms with Gasteiger partial charge in [-0.3, -0.25) is 9.69 Å². The van der Waals surface area contributed by atoms with E-state index in [0.717, 1.165) is 62.3 Å². The van der Waals surface area contributed by atoms with Gasteiger partial charge < -0.3 is 14.3 Å². The van der Waals surface area contributed by atoms with Crippen LogP contribution in [-0.4, -0.2) is 76.1 Å². The summed E-state index contributed by atoms with van der Waals surface area (Å²) in [6, 6.07) is 2.42. The van der Waals surface area contributed by atoms with Crippen molar-refractivity contribution in [2.75, 3.05) is 44.2 Å². The van der Waals surface area contributed by atoms with Gasteiger partial charge in [-0.1, -0.05) is 11.6 Å². The normalized spacial score (nSPS) is 21.1. The summed E-state index contributed by atoms with van der Waals surface area (Å²) < 4.78 is 5.02. The van der Waals surface area contributed by atoms with Gasteiger partial charge in [-0.2, -0.15) is 0 Å². The lowest BCUT2D eigenvalue weighted by atomic mass is 9.91. The van der Waals surface area contributed by atoms with Crippen molar-refractivity contribution in [1.29, 1.82) is 0 Å². The van der Waals surface area contributed by atoms with Gasteiger partial charge in [0.05, 0.1) is 11.9 Å². The molecule has 0 unspecified atom stereocenters. The zero-order valence-corrected chi connectivity index (χ0v) is 16.1. The molecular formula is C20H26N6O2. The number of nitrogens with zero attached hydrogens (tertiary/aromatic N) is 6. The minimum absolute atomic E-state index is 0.106. The summed E-state index contributed by atoms with van der Waals surface area (Å²) in [5.41, 5.74) is 2.21. The Balaban J connectivity index is 1.24. The van der Waals surface area contributed by atoms with Crippen LogP contribution in [0.1, 0.15) is 41.1 Å². The number of amides is 1. The molecule has 28 heavy (non-hydrogen) atoms. The van der Waals surface area contributed by atoms with Gasteiger partial charge >= 0.3 is 0 Å². The molecule has 0 atom stereocenters. The fourth-order valence-corrected chi connectivity index (χ4v) is 4.34. The van der Waals surface area contributed by atoms with Gasteiger partial charge in [0, 0.05) is 64.0 Å². The lowest BCUT2D eigenvalue weighted by Crippen LogP contribution is -2.52. The van der Waals surface area contributed by atoms with E-state index in [1.165, 1.54) is 25.5 Å². The molecule has 148 valence electrons. The Kier molecular flexibility index (Phi) is 4.72. The van der Waals surface area contributed by atoms with E-state index in [9.17, 15) is 4.79 Å². The van der Waals surface area contributed by atoms with Crippen molar-refractivity contribution < 1.29 is 9.32 Å². The maximum absolute atomic E-state index is 12.5. The van der Waals surface area contributed by atoms with Crippen molar-refractivity contribution in [3.63, 3.8) is 0 Å². The van der Waals surface area contributed by atoms with Crippen molar-refractivity contribution in [3.05, 3.63) is 35.5 Å². The molecule has 5 rings (SSSR count). The van der Waals surface area contributed by atoms with E-state index in [1.54, 1.807) is 6.07 Å². The van der Waals surface area contributed by atoms with Crippen LogP contribution >= 0.6 is 0 Å². The van der Waals surface area contributed by atoms with Crippen LogP contribution in [0.5, 0.6) is 0 Å². The molecule has 0 aromatic carbocycles. The molecule has 0 spiro atoms. The number of rotatable bonds is 3. The van der Waals surface area contributed by atoms with E-state index in [4.69, 9.17) is 9.51 Å². The van der Waals surface area contributed by atoms with Gasteiger partial charge in [-0.15, -0.1) is 0 Å². The van der Waals surface area contributed by atoms with Crippen LogP contribution in [-0.2, 0) is 12.8 Å². The van der Waals surface area contributed by atoms with E-state index in [1.807, 2.05) is 11.1 Å². The van der Waals surface area contributed by atoms with Crippen LogP contribution in [0.25, 0.3) is 0 Å². The molecule has 3 aliphatic rings. The van der Waals surface area contributed by atoms with Crippen LogP contribution in [0, 0.1) is 0 Å². The molecule has 1 amide bonds. The molecule has 2 aliphatic heterocycles. The lowest BCUT2D eigenvalue weighted by Gasteiger charge is -2.43. The number of piperazine rings is 1. The Morgan fingerprint density at radius 1 is 1.07 bits per heavy atom. The van der Waals surface area contributed by atoms with Gasteiger partial charge in [-0.05, 0) is 24.8 Å². The topological polar surface area (TPSA) is 78.6 Å². The third-order valence-corrected chi connectivity index (χ3v) is 6.34. The Morgan fingerprint density at radius 2 is 1.89 bits per heavy atom. The molecule has 1 saturated heterocycles. The molecule has 1 saturated carbocycles. The van der Waals surface area contributed by atoms with Gasteiger partial charge in [0.15, 0.2) is 0 Å². The Bertz CT molecular complexity index is 827. The van der Waals surface area contributed by atoms with E-state index in [0.29, 0.717) is 18.8 Å². The fourth-order valence-electron chi connectivity index (χ4n) is 4.34. The number of carbonyl (C=O) groups is 1. The van der Waals surface area contributed by atoms with E-state index >= 15 is 0 Å². The van der Waals surface area contributed by atoms with Crippen molar-refractivity contribution in [2.24, 2.45) is 0 Å². The lowest BCUT2D eigenvalue weighted by molar-refractivity contribution is 0.0721. The second-order valence-electron chi connectivity index (χ2n) is 7.92. The first kappa shape index (κ1) is 17.6. The van der Waals surface area contributed by atoms with E-state index in [-0.39, 0.29) is 5.91 Å². The van der Waals surface area contributed by atoms with Crippen molar-refractivity contribution >= 4 is 11.9 Å². The minimum atomic E-state index is -0.106. The summed E-state index contributed by atoms with van der Waals surface area (Å²) in [4.78, 5) is 28.8. The summed E-state index contributed by atoms with van der Waals surface area (Å²) in [5, 5.41) is 3.64. The summed E-state index contributed by atoms with van der Waals surface area (Å²) in [6.45, 7) is 5.47. The van der Waals surface area contributed by atoms with Crippen LogP contribution in [0.4, 0.5) is 5.95 Å².